The molecule has 1 atom stereocenters. The van der Waals surface area contributed by atoms with E-state index in [4.69, 9.17) is 23.2 Å². The minimum Gasteiger partial charge on any atom is -0.310 e. The van der Waals surface area contributed by atoms with Crippen LogP contribution in [0.5, 0.6) is 0 Å². The third kappa shape index (κ3) is 3.99. The predicted molar refractivity (Wildman–Crippen MR) is 87.8 cm³/mol. The molecule has 0 heterocycles. The van der Waals surface area contributed by atoms with Gasteiger partial charge in [-0.05, 0) is 43.1 Å². The van der Waals surface area contributed by atoms with Crippen molar-refractivity contribution in [2.24, 2.45) is 0 Å². The van der Waals surface area contributed by atoms with E-state index in [0.29, 0.717) is 10.0 Å². The molecule has 0 aliphatic carbocycles. The van der Waals surface area contributed by atoms with E-state index in [1.807, 2.05) is 18.2 Å². The summed E-state index contributed by atoms with van der Waals surface area (Å²) in [5, 5.41) is 4.72. The maximum absolute atomic E-state index is 6.13. The SMILES string of the molecule is CCNC(Cc1cccc(C)c1)c1ccc(Cl)c(Cl)c1. The quantitative estimate of drug-likeness (QED) is 0.801. The van der Waals surface area contributed by atoms with Gasteiger partial charge in [0.15, 0.2) is 0 Å². The van der Waals surface area contributed by atoms with Crippen LogP contribution < -0.4 is 5.32 Å². The van der Waals surface area contributed by atoms with Gasteiger partial charge in [0.2, 0.25) is 0 Å². The lowest BCUT2D eigenvalue weighted by molar-refractivity contribution is 0.550. The molecular weight excluding hydrogens is 289 g/mol. The molecule has 1 N–H and O–H groups in total. The van der Waals surface area contributed by atoms with Crippen molar-refractivity contribution in [2.45, 2.75) is 26.3 Å². The first-order chi connectivity index (χ1) is 9.60. The highest BCUT2D eigenvalue weighted by Crippen LogP contribution is 2.27. The Morgan fingerprint density at radius 3 is 2.50 bits per heavy atom. The van der Waals surface area contributed by atoms with E-state index >= 15 is 0 Å². The molecule has 0 fully saturated rings. The Labute approximate surface area is 130 Å². The fourth-order valence-corrected chi connectivity index (χ4v) is 2.66. The van der Waals surface area contributed by atoms with Gasteiger partial charge in [0.05, 0.1) is 10.0 Å². The van der Waals surface area contributed by atoms with Gasteiger partial charge in [0.1, 0.15) is 0 Å². The summed E-state index contributed by atoms with van der Waals surface area (Å²) in [5.41, 5.74) is 3.77. The Bertz CT molecular complexity index is 581. The lowest BCUT2D eigenvalue weighted by Crippen LogP contribution is -2.23. The Morgan fingerprint density at radius 1 is 1.05 bits per heavy atom. The third-order valence-corrected chi connectivity index (χ3v) is 4.06. The van der Waals surface area contributed by atoms with E-state index in [-0.39, 0.29) is 6.04 Å². The molecule has 0 bridgehead atoms. The molecule has 20 heavy (non-hydrogen) atoms. The van der Waals surface area contributed by atoms with Crippen LogP contribution in [0.3, 0.4) is 0 Å². The summed E-state index contributed by atoms with van der Waals surface area (Å²) in [5.74, 6) is 0. The zero-order valence-electron chi connectivity index (χ0n) is 11.8. The largest absolute Gasteiger partial charge is 0.310 e. The first kappa shape index (κ1) is 15.4. The van der Waals surface area contributed by atoms with Crippen LogP contribution in [0.4, 0.5) is 0 Å². The van der Waals surface area contributed by atoms with Crippen LogP contribution in [0.25, 0.3) is 0 Å². The molecule has 2 rings (SSSR count). The number of benzene rings is 2. The fourth-order valence-electron chi connectivity index (χ4n) is 2.36. The number of aryl methyl sites for hydroxylation is 1. The monoisotopic (exact) mass is 307 g/mol. The second kappa shape index (κ2) is 7.12. The first-order valence-electron chi connectivity index (χ1n) is 6.84. The Morgan fingerprint density at radius 2 is 1.85 bits per heavy atom. The molecule has 0 aliphatic rings. The number of hydrogen-bond acceptors (Lipinski definition) is 1. The molecule has 0 aliphatic heterocycles. The topological polar surface area (TPSA) is 12.0 Å². The molecule has 3 heteroatoms. The normalized spacial score (nSPS) is 12.4. The number of rotatable bonds is 5. The van der Waals surface area contributed by atoms with Gasteiger partial charge in [0, 0.05) is 6.04 Å². The van der Waals surface area contributed by atoms with Gasteiger partial charge in [-0.1, -0.05) is 66.0 Å². The minimum atomic E-state index is 0.247. The van der Waals surface area contributed by atoms with E-state index in [1.54, 1.807) is 0 Å². The van der Waals surface area contributed by atoms with Gasteiger partial charge in [-0.25, -0.2) is 0 Å². The summed E-state index contributed by atoms with van der Waals surface area (Å²) in [4.78, 5) is 0. The maximum Gasteiger partial charge on any atom is 0.0595 e. The Kier molecular flexibility index (Phi) is 5.47. The maximum atomic E-state index is 6.13. The van der Waals surface area contributed by atoms with Crippen molar-refractivity contribution in [3.8, 4) is 0 Å². The highest BCUT2D eigenvalue weighted by atomic mass is 35.5. The molecule has 0 aromatic heterocycles. The molecule has 1 unspecified atom stereocenters. The van der Waals surface area contributed by atoms with Crippen LogP contribution >= 0.6 is 23.2 Å². The molecule has 106 valence electrons. The van der Waals surface area contributed by atoms with Crippen LogP contribution in [0, 0.1) is 6.92 Å². The second-order valence-corrected chi connectivity index (χ2v) is 5.79. The average molecular weight is 308 g/mol. The van der Waals surface area contributed by atoms with Gasteiger partial charge < -0.3 is 5.32 Å². The average Bonchev–Trinajstić information content (AvgIpc) is 2.41. The third-order valence-electron chi connectivity index (χ3n) is 3.32. The zero-order valence-corrected chi connectivity index (χ0v) is 13.3. The highest BCUT2D eigenvalue weighted by Gasteiger charge is 2.12. The number of nitrogens with one attached hydrogen (secondary N) is 1. The van der Waals surface area contributed by atoms with Crippen molar-refractivity contribution in [1.82, 2.24) is 5.32 Å². The predicted octanol–water partition coefficient (Wildman–Crippen LogP) is 5.20. The summed E-state index contributed by atoms with van der Waals surface area (Å²) >= 11 is 12.1. The molecule has 1 nitrogen and oxygen atoms in total. The molecular formula is C17H19Cl2N. The second-order valence-electron chi connectivity index (χ2n) is 4.98. The molecule has 0 amide bonds. The molecule has 0 saturated heterocycles. The number of halogens is 2. The van der Waals surface area contributed by atoms with Crippen molar-refractivity contribution >= 4 is 23.2 Å². The van der Waals surface area contributed by atoms with Gasteiger partial charge >= 0.3 is 0 Å². The molecule has 0 radical (unpaired) electrons. The van der Waals surface area contributed by atoms with Crippen LogP contribution in [0.1, 0.15) is 29.7 Å². The summed E-state index contributed by atoms with van der Waals surface area (Å²) in [7, 11) is 0. The van der Waals surface area contributed by atoms with Crippen LogP contribution in [-0.2, 0) is 6.42 Å². The van der Waals surface area contributed by atoms with Crippen molar-refractivity contribution in [3.63, 3.8) is 0 Å². The van der Waals surface area contributed by atoms with Crippen LogP contribution in [0.15, 0.2) is 42.5 Å². The Balaban J connectivity index is 2.24. The van der Waals surface area contributed by atoms with Crippen LogP contribution in [-0.4, -0.2) is 6.54 Å². The summed E-state index contributed by atoms with van der Waals surface area (Å²) in [6.45, 7) is 5.14. The van der Waals surface area contributed by atoms with Gasteiger partial charge in [-0.15, -0.1) is 0 Å². The van der Waals surface area contributed by atoms with E-state index in [1.165, 1.54) is 16.7 Å². The van der Waals surface area contributed by atoms with Gasteiger partial charge in [-0.3, -0.25) is 0 Å². The number of likely N-dealkylation sites (N-methyl/N-ethyl adjacent to an activating group) is 1. The number of hydrogen-bond donors (Lipinski definition) is 1. The van der Waals surface area contributed by atoms with Crippen molar-refractivity contribution in [2.75, 3.05) is 6.54 Å². The standard InChI is InChI=1S/C17H19Cl2N/c1-3-20-17(10-13-6-4-5-12(2)9-13)14-7-8-15(18)16(19)11-14/h4-9,11,17,20H,3,10H2,1-2H3. The van der Waals surface area contributed by atoms with E-state index < -0.39 is 0 Å². The summed E-state index contributed by atoms with van der Waals surface area (Å²) in [6.07, 6.45) is 0.938. The van der Waals surface area contributed by atoms with Gasteiger partial charge in [0.25, 0.3) is 0 Å². The lowest BCUT2D eigenvalue weighted by Gasteiger charge is -2.19. The summed E-state index contributed by atoms with van der Waals surface area (Å²) < 4.78 is 0. The minimum absolute atomic E-state index is 0.247. The van der Waals surface area contributed by atoms with E-state index in [0.717, 1.165) is 13.0 Å². The van der Waals surface area contributed by atoms with Gasteiger partial charge in [-0.2, -0.15) is 0 Å². The van der Waals surface area contributed by atoms with Crippen LogP contribution in [0.2, 0.25) is 10.0 Å². The van der Waals surface area contributed by atoms with E-state index in [2.05, 4.69) is 43.4 Å². The molecule has 0 spiro atoms. The molecule has 0 saturated carbocycles. The lowest BCUT2D eigenvalue weighted by atomic mass is 9.98. The zero-order chi connectivity index (χ0) is 14.5. The molecule has 2 aromatic rings. The highest BCUT2D eigenvalue weighted by molar-refractivity contribution is 6.42. The fraction of sp³-hybridized carbons (Fsp3) is 0.294. The van der Waals surface area contributed by atoms with Crippen molar-refractivity contribution < 1.29 is 0 Å². The van der Waals surface area contributed by atoms with E-state index in [9.17, 15) is 0 Å². The van der Waals surface area contributed by atoms with Crippen molar-refractivity contribution in [1.29, 1.82) is 0 Å². The Hall–Kier alpha value is -1.02. The first-order valence-corrected chi connectivity index (χ1v) is 7.59. The van der Waals surface area contributed by atoms with Crippen molar-refractivity contribution in [3.05, 3.63) is 69.2 Å². The summed E-state index contributed by atoms with van der Waals surface area (Å²) in [6, 6.07) is 14.7. The molecule has 2 aromatic carbocycles. The smallest absolute Gasteiger partial charge is 0.0595 e.